The third-order valence-electron chi connectivity index (χ3n) is 3.62. The highest BCUT2D eigenvalue weighted by molar-refractivity contribution is 5.75. The number of rotatable bonds is 7. The molecule has 1 atom stereocenters. The van der Waals surface area contributed by atoms with Crippen molar-refractivity contribution in [2.75, 3.05) is 33.3 Å². The Morgan fingerprint density at radius 2 is 2.11 bits per heavy atom. The molecule has 0 saturated carbocycles. The minimum atomic E-state index is -0.0617. The molecule has 18 heavy (non-hydrogen) atoms. The minimum absolute atomic E-state index is 0.0354. The Morgan fingerprint density at radius 3 is 2.83 bits per heavy atom. The van der Waals surface area contributed by atoms with Crippen molar-refractivity contribution in [3.8, 4) is 0 Å². The summed E-state index contributed by atoms with van der Waals surface area (Å²) in [5.41, 5.74) is 0. The smallest absolute Gasteiger partial charge is 0.323 e. The lowest BCUT2D eigenvalue weighted by molar-refractivity contribution is -0.147. The van der Waals surface area contributed by atoms with E-state index in [0.717, 1.165) is 45.4 Å². The molecule has 1 N–H and O–H groups in total. The summed E-state index contributed by atoms with van der Waals surface area (Å²) in [6, 6.07) is -0.0354. The second-order valence-electron chi connectivity index (χ2n) is 5.03. The fraction of sp³-hybridized carbons (Fsp3) is 0.929. The molecular weight excluding hydrogens is 228 g/mol. The largest absolute Gasteiger partial charge is 0.468 e. The molecule has 106 valence electrons. The van der Waals surface area contributed by atoms with Crippen molar-refractivity contribution >= 4 is 5.97 Å². The molecule has 0 amide bonds. The third-order valence-corrected chi connectivity index (χ3v) is 3.62. The Kier molecular flexibility index (Phi) is 8.01. The maximum Gasteiger partial charge on any atom is 0.323 e. The Morgan fingerprint density at radius 1 is 1.28 bits per heavy atom. The number of nitrogens with one attached hydrogen (secondary N) is 1. The number of carbonyl (C=O) groups excluding carboxylic acids is 1. The van der Waals surface area contributed by atoms with Crippen LogP contribution in [0.1, 0.15) is 45.4 Å². The number of nitrogens with zero attached hydrogens (tertiary/aromatic N) is 1. The second-order valence-corrected chi connectivity index (χ2v) is 5.03. The van der Waals surface area contributed by atoms with E-state index >= 15 is 0 Å². The second kappa shape index (κ2) is 9.34. The molecule has 4 heteroatoms. The Bertz CT molecular complexity index is 226. The number of unbranched alkanes of at least 4 members (excludes halogenated alkanes) is 3. The van der Waals surface area contributed by atoms with Crippen LogP contribution in [0.15, 0.2) is 0 Å². The summed E-state index contributed by atoms with van der Waals surface area (Å²) >= 11 is 0. The molecule has 0 aromatic rings. The summed E-state index contributed by atoms with van der Waals surface area (Å²) in [5, 5.41) is 3.37. The molecular formula is C14H28N2O2. The number of carbonyl (C=O) groups is 1. The van der Waals surface area contributed by atoms with Crippen LogP contribution in [-0.2, 0) is 9.53 Å². The van der Waals surface area contributed by atoms with E-state index in [-0.39, 0.29) is 12.0 Å². The number of methoxy groups -OCH3 is 1. The van der Waals surface area contributed by atoms with Crippen LogP contribution in [0.3, 0.4) is 0 Å². The van der Waals surface area contributed by atoms with E-state index in [0.29, 0.717) is 0 Å². The van der Waals surface area contributed by atoms with Crippen LogP contribution in [0.5, 0.6) is 0 Å². The summed E-state index contributed by atoms with van der Waals surface area (Å²) in [7, 11) is 1.50. The highest BCUT2D eigenvalue weighted by atomic mass is 16.5. The average molecular weight is 256 g/mol. The van der Waals surface area contributed by atoms with Gasteiger partial charge in [-0.3, -0.25) is 9.69 Å². The normalized spacial score (nSPS) is 19.2. The summed E-state index contributed by atoms with van der Waals surface area (Å²) in [5.74, 6) is -0.0617. The zero-order valence-electron chi connectivity index (χ0n) is 11.9. The van der Waals surface area contributed by atoms with E-state index in [1.54, 1.807) is 0 Å². The minimum Gasteiger partial charge on any atom is -0.468 e. The van der Waals surface area contributed by atoms with E-state index in [9.17, 15) is 4.79 Å². The van der Waals surface area contributed by atoms with E-state index in [1.807, 2.05) is 0 Å². The van der Waals surface area contributed by atoms with Crippen LogP contribution in [0.25, 0.3) is 0 Å². The summed E-state index contributed by atoms with van der Waals surface area (Å²) in [4.78, 5) is 14.2. The van der Waals surface area contributed by atoms with Gasteiger partial charge in [-0.2, -0.15) is 0 Å². The quantitative estimate of drug-likeness (QED) is 0.557. The first-order valence-electron chi connectivity index (χ1n) is 7.32. The van der Waals surface area contributed by atoms with Gasteiger partial charge < -0.3 is 10.1 Å². The molecule has 0 spiro atoms. The molecule has 4 nitrogen and oxygen atoms in total. The van der Waals surface area contributed by atoms with Gasteiger partial charge in [-0.15, -0.1) is 0 Å². The maximum atomic E-state index is 11.9. The topological polar surface area (TPSA) is 41.6 Å². The van der Waals surface area contributed by atoms with Gasteiger partial charge in [0.1, 0.15) is 6.04 Å². The first kappa shape index (κ1) is 15.4. The molecule has 0 aliphatic carbocycles. The molecule has 0 radical (unpaired) electrons. The zero-order valence-corrected chi connectivity index (χ0v) is 11.9. The monoisotopic (exact) mass is 256 g/mol. The Hall–Kier alpha value is -0.610. The van der Waals surface area contributed by atoms with Crippen molar-refractivity contribution < 1.29 is 9.53 Å². The molecule has 1 heterocycles. The van der Waals surface area contributed by atoms with Gasteiger partial charge in [-0.25, -0.2) is 0 Å². The van der Waals surface area contributed by atoms with Gasteiger partial charge in [0.15, 0.2) is 0 Å². The average Bonchev–Trinajstić information content (AvgIpc) is 2.67. The Balaban J connectivity index is 2.45. The molecule has 1 rings (SSSR count). The molecule has 1 unspecified atom stereocenters. The number of esters is 1. The molecule has 1 aliphatic rings. The molecule has 1 saturated heterocycles. The van der Waals surface area contributed by atoms with E-state index in [1.165, 1.54) is 26.4 Å². The van der Waals surface area contributed by atoms with Gasteiger partial charge in [0, 0.05) is 19.6 Å². The van der Waals surface area contributed by atoms with Crippen molar-refractivity contribution in [2.24, 2.45) is 0 Å². The van der Waals surface area contributed by atoms with Gasteiger partial charge in [-0.1, -0.05) is 32.6 Å². The zero-order chi connectivity index (χ0) is 13.2. The fourth-order valence-corrected chi connectivity index (χ4v) is 2.53. The standard InChI is InChI=1S/C14H28N2O2/c1-3-4-5-6-8-13(14(17)18-2)16-11-7-9-15-10-12-16/h13,15H,3-12H2,1-2H3. The van der Waals surface area contributed by atoms with E-state index in [4.69, 9.17) is 4.74 Å². The Labute approximate surface area is 111 Å². The number of hydrogen-bond acceptors (Lipinski definition) is 4. The van der Waals surface area contributed by atoms with Crippen molar-refractivity contribution in [1.29, 1.82) is 0 Å². The van der Waals surface area contributed by atoms with Gasteiger partial charge in [-0.05, 0) is 19.4 Å². The van der Waals surface area contributed by atoms with Crippen LogP contribution >= 0.6 is 0 Å². The lowest BCUT2D eigenvalue weighted by atomic mass is 10.1. The van der Waals surface area contributed by atoms with Crippen molar-refractivity contribution in [1.82, 2.24) is 10.2 Å². The third kappa shape index (κ3) is 5.36. The lowest BCUT2D eigenvalue weighted by Crippen LogP contribution is -2.43. The van der Waals surface area contributed by atoms with Gasteiger partial charge in [0.05, 0.1) is 7.11 Å². The van der Waals surface area contributed by atoms with Crippen LogP contribution < -0.4 is 5.32 Å². The highest BCUT2D eigenvalue weighted by Crippen LogP contribution is 2.13. The predicted molar refractivity (Wildman–Crippen MR) is 73.6 cm³/mol. The summed E-state index contributed by atoms with van der Waals surface area (Å²) in [6.07, 6.45) is 6.88. The van der Waals surface area contributed by atoms with Crippen molar-refractivity contribution in [3.63, 3.8) is 0 Å². The van der Waals surface area contributed by atoms with Gasteiger partial charge in [0.2, 0.25) is 0 Å². The summed E-state index contributed by atoms with van der Waals surface area (Å²) < 4.78 is 4.96. The van der Waals surface area contributed by atoms with Crippen LogP contribution in [0.2, 0.25) is 0 Å². The molecule has 0 bridgehead atoms. The van der Waals surface area contributed by atoms with E-state index in [2.05, 4.69) is 17.1 Å². The SMILES string of the molecule is CCCCCCC(C(=O)OC)N1CCCNCC1. The fourth-order valence-electron chi connectivity index (χ4n) is 2.53. The summed E-state index contributed by atoms with van der Waals surface area (Å²) in [6.45, 7) is 6.19. The van der Waals surface area contributed by atoms with Crippen LogP contribution in [0.4, 0.5) is 0 Å². The first-order valence-corrected chi connectivity index (χ1v) is 7.32. The molecule has 1 fully saturated rings. The van der Waals surface area contributed by atoms with E-state index < -0.39 is 0 Å². The van der Waals surface area contributed by atoms with Crippen LogP contribution in [0, 0.1) is 0 Å². The van der Waals surface area contributed by atoms with Crippen LogP contribution in [-0.4, -0.2) is 50.2 Å². The van der Waals surface area contributed by atoms with Crippen molar-refractivity contribution in [3.05, 3.63) is 0 Å². The molecule has 0 aromatic carbocycles. The maximum absolute atomic E-state index is 11.9. The van der Waals surface area contributed by atoms with Gasteiger partial charge >= 0.3 is 5.97 Å². The van der Waals surface area contributed by atoms with Gasteiger partial charge in [0.25, 0.3) is 0 Å². The number of hydrogen-bond donors (Lipinski definition) is 1. The van der Waals surface area contributed by atoms with Crippen molar-refractivity contribution in [2.45, 2.75) is 51.5 Å². The predicted octanol–water partition coefficient (Wildman–Crippen LogP) is 1.79. The molecule has 0 aromatic heterocycles. The number of ether oxygens (including phenoxy) is 1. The first-order chi connectivity index (χ1) is 8.79. The molecule has 1 aliphatic heterocycles. The lowest BCUT2D eigenvalue weighted by Gasteiger charge is -2.28. The highest BCUT2D eigenvalue weighted by Gasteiger charge is 2.26.